The highest BCUT2D eigenvalue weighted by molar-refractivity contribution is 6.30. The van der Waals surface area contributed by atoms with Crippen LogP contribution in [0.4, 0.5) is 0 Å². The molecule has 126 valence electrons. The molecule has 1 aromatic carbocycles. The summed E-state index contributed by atoms with van der Waals surface area (Å²) in [5.74, 6) is 0. The van der Waals surface area contributed by atoms with Crippen LogP contribution in [0, 0.1) is 11.3 Å². The first-order chi connectivity index (χ1) is 11.4. The second-order valence-corrected chi connectivity index (χ2v) is 7.02. The summed E-state index contributed by atoms with van der Waals surface area (Å²) in [5, 5.41) is 29.0. The summed E-state index contributed by atoms with van der Waals surface area (Å²) in [6, 6.07) is 7.72. The van der Waals surface area contributed by atoms with Crippen LogP contribution in [0.15, 0.2) is 24.4 Å². The van der Waals surface area contributed by atoms with E-state index in [1.54, 1.807) is 16.8 Å². The van der Waals surface area contributed by atoms with E-state index in [0.717, 1.165) is 12.1 Å². The van der Waals surface area contributed by atoms with E-state index in [0.29, 0.717) is 35.8 Å². The minimum atomic E-state index is -0.994. The Morgan fingerprint density at radius 2 is 2.25 bits per heavy atom. The summed E-state index contributed by atoms with van der Waals surface area (Å²) in [6.07, 6.45) is 2.41. The molecule has 24 heavy (non-hydrogen) atoms. The zero-order valence-electron chi connectivity index (χ0n) is 13.8. The molecule has 1 fully saturated rings. The maximum absolute atomic E-state index is 10.9. The molecule has 0 saturated carbocycles. The van der Waals surface area contributed by atoms with Crippen molar-refractivity contribution in [1.29, 1.82) is 5.26 Å². The fraction of sp³-hybridized carbons (Fsp3) is 0.471. The van der Waals surface area contributed by atoms with Crippen molar-refractivity contribution in [1.82, 2.24) is 19.9 Å². The number of nitriles is 1. The fourth-order valence-corrected chi connectivity index (χ4v) is 3.16. The number of hydrogen-bond acceptors (Lipinski definition) is 5. The van der Waals surface area contributed by atoms with Crippen molar-refractivity contribution in [3.63, 3.8) is 0 Å². The van der Waals surface area contributed by atoms with Gasteiger partial charge in [-0.25, -0.2) is 4.68 Å². The van der Waals surface area contributed by atoms with E-state index in [4.69, 9.17) is 11.6 Å². The second kappa shape index (κ2) is 6.52. The van der Waals surface area contributed by atoms with Gasteiger partial charge in [0.2, 0.25) is 0 Å². The Hall–Kier alpha value is -1.94. The van der Waals surface area contributed by atoms with Crippen molar-refractivity contribution >= 4 is 11.6 Å². The summed E-state index contributed by atoms with van der Waals surface area (Å²) in [5.41, 5.74) is 1.10. The fourth-order valence-electron chi connectivity index (χ4n) is 2.99. The number of halogens is 1. The second-order valence-electron chi connectivity index (χ2n) is 6.58. The number of benzene rings is 1. The summed E-state index contributed by atoms with van der Waals surface area (Å²) in [6.45, 7) is 5.84. The van der Waals surface area contributed by atoms with Gasteiger partial charge in [-0.2, -0.15) is 5.26 Å². The Morgan fingerprint density at radius 1 is 1.46 bits per heavy atom. The molecular formula is C17H20ClN5O. The first-order valence-electron chi connectivity index (χ1n) is 7.97. The number of rotatable bonds is 4. The highest BCUT2D eigenvalue weighted by Gasteiger charge is 2.40. The lowest BCUT2D eigenvalue weighted by Crippen LogP contribution is -2.31. The third kappa shape index (κ3) is 3.29. The molecule has 1 N–H and O–H groups in total. The van der Waals surface area contributed by atoms with Crippen molar-refractivity contribution in [3.05, 3.63) is 46.2 Å². The summed E-state index contributed by atoms with van der Waals surface area (Å²) in [7, 11) is 0. The van der Waals surface area contributed by atoms with Gasteiger partial charge in [0, 0.05) is 30.7 Å². The van der Waals surface area contributed by atoms with Crippen molar-refractivity contribution in [2.45, 2.75) is 38.5 Å². The molecule has 1 aliphatic heterocycles. The van der Waals surface area contributed by atoms with Gasteiger partial charge in [-0.05, 0) is 38.0 Å². The monoisotopic (exact) mass is 345 g/mol. The van der Waals surface area contributed by atoms with Crippen LogP contribution < -0.4 is 0 Å². The van der Waals surface area contributed by atoms with Crippen LogP contribution in [0.5, 0.6) is 0 Å². The smallest absolute Gasteiger partial charge is 0.124 e. The van der Waals surface area contributed by atoms with E-state index in [1.165, 1.54) is 0 Å². The molecule has 1 atom stereocenters. The average molecular weight is 346 g/mol. The molecule has 3 rings (SSSR count). The van der Waals surface area contributed by atoms with Gasteiger partial charge in [-0.15, -0.1) is 5.10 Å². The lowest BCUT2D eigenvalue weighted by Gasteiger charge is -2.21. The first kappa shape index (κ1) is 16.9. The molecule has 7 heteroatoms. The Kier molecular flexibility index (Phi) is 4.59. The van der Waals surface area contributed by atoms with Gasteiger partial charge in [0.05, 0.1) is 17.8 Å². The molecule has 0 spiro atoms. The lowest BCUT2D eigenvalue weighted by atomic mass is 10.00. The topological polar surface area (TPSA) is 78.0 Å². The quantitative estimate of drug-likeness (QED) is 0.921. The SMILES string of the molecule is CC(C)n1cc(C2(O)CCN(Cc3ccc(Cl)cc3C#N)C2)nn1. The number of aliphatic hydroxyl groups is 1. The lowest BCUT2D eigenvalue weighted by molar-refractivity contribution is 0.0408. The molecule has 0 aliphatic carbocycles. The van der Waals surface area contributed by atoms with Crippen molar-refractivity contribution in [2.75, 3.05) is 13.1 Å². The highest BCUT2D eigenvalue weighted by atomic mass is 35.5. The number of hydrogen-bond donors (Lipinski definition) is 1. The first-order valence-corrected chi connectivity index (χ1v) is 8.34. The van der Waals surface area contributed by atoms with Crippen LogP contribution in [0.1, 0.15) is 43.1 Å². The van der Waals surface area contributed by atoms with Gasteiger partial charge >= 0.3 is 0 Å². The number of likely N-dealkylation sites (tertiary alicyclic amines) is 1. The Labute approximate surface area is 146 Å². The van der Waals surface area contributed by atoms with Crippen molar-refractivity contribution < 1.29 is 5.11 Å². The molecule has 1 aromatic heterocycles. The summed E-state index contributed by atoms with van der Waals surface area (Å²) in [4.78, 5) is 2.12. The number of aromatic nitrogens is 3. The predicted octanol–water partition coefficient (Wildman–Crippen LogP) is 2.48. The van der Waals surface area contributed by atoms with Crippen LogP contribution in [0.3, 0.4) is 0 Å². The summed E-state index contributed by atoms with van der Waals surface area (Å²) < 4.78 is 1.75. The molecule has 2 aromatic rings. The van der Waals surface area contributed by atoms with Gasteiger partial charge < -0.3 is 5.11 Å². The van der Waals surface area contributed by atoms with Gasteiger partial charge in [0.15, 0.2) is 0 Å². The van der Waals surface area contributed by atoms with E-state index in [9.17, 15) is 10.4 Å². The van der Waals surface area contributed by atoms with Crippen LogP contribution in [0.25, 0.3) is 0 Å². The third-order valence-electron chi connectivity index (χ3n) is 4.43. The van der Waals surface area contributed by atoms with Crippen LogP contribution in [-0.2, 0) is 12.1 Å². The maximum Gasteiger partial charge on any atom is 0.124 e. The van der Waals surface area contributed by atoms with Gasteiger partial charge in [-0.1, -0.05) is 22.9 Å². The van der Waals surface area contributed by atoms with Crippen LogP contribution >= 0.6 is 11.6 Å². The van der Waals surface area contributed by atoms with E-state index in [2.05, 4.69) is 21.3 Å². The van der Waals surface area contributed by atoms with Crippen molar-refractivity contribution in [2.24, 2.45) is 0 Å². The van der Waals surface area contributed by atoms with Crippen LogP contribution in [-0.4, -0.2) is 38.1 Å². The van der Waals surface area contributed by atoms with E-state index in [-0.39, 0.29) is 6.04 Å². The Bertz CT molecular complexity index is 782. The van der Waals surface area contributed by atoms with Crippen molar-refractivity contribution in [3.8, 4) is 6.07 Å². The van der Waals surface area contributed by atoms with Gasteiger partial charge in [0.25, 0.3) is 0 Å². The summed E-state index contributed by atoms with van der Waals surface area (Å²) >= 11 is 5.94. The average Bonchev–Trinajstić information content (AvgIpc) is 3.17. The third-order valence-corrected chi connectivity index (χ3v) is 4.66. The normalized spacial score (nSPS) is 21.3. The predicted molar refractivity (Wildman–Crippen MR) is 90.4 cm³/mol. The van der Waals surface area contributed by atoms with Gasteiger partial charge in [-0.3, -0.25) is 4.90 Å². The standard InChI is InChI=1S/C17H20ClN5O/c1-12(2)23-10-16(20-21-23)17(24)5-6-22(11-17)9-13-3-4-15(18)7-14(13)8-19/h3-4,7,10,12,24H,5-6,9,11H2,1-2H3. The molecule has 2 heterocycles. The van der Waals surface area contributed by atoms with E-state index < -0.39 is 5.60 Å². The number of nitrogens with zero attached hydrogens (tertiary/aromatic N) is 5. The maximum atomic E-state index is 10.9. The molecule has 6 nitrogen and oxygen atoms in total. The highest BCUT2D eigenvalue weighted by Crippen LogP contribution is 2.32. The van der Waals surface area contributed by atoms with E-state index >= 15 is 0 Å². The minimum absolute atomic E-state index is 0.208. The largest absolute Gasteiger partial charge is 0.382 e. The zero-order chi connectivity index (χ0) is 17.3. The Balaban J connectivity index is 1.74. The molecule has 1 aliphatic rings. The molecule has 0 bridgehead atoms. The molecular weight excluding hydrogens is 326 g/mol. The van der Waals surface area contributed by atoms with E-state index in [1.807, 2.05) is 26.1 Å². The van der Waals surface area contributed by atoms with Crippen LogP contribution in [0.2, 0.25) is 5.02 Å². The molecule has 1 unspecified atom stereocenters. The molecule has 0 amide bonds. The minimum Gasteiger partial charge on any atom is -0.382 e. The molecule has 0 radical (unpaired) electrons. The van der Waals surface area contributed by atoms with Gasteiger partial charge in [0.1, 0.15) is 11.3 Å². The zero-order valence-corrected chi connectivity index (χ0v) is 14.5. The molecule has 1 saturated heterocycles. The number of β-amino-alcohol motifs (C(OH)–C–C–N with tert-alkyl or cyclic N) is 1. The Morgan fingerprint density at radius 3 is 2.92 bits per heavy atom.